The Hall–Kier alpha value is -2.85. The molecule has 0 saturated carbocycles. The third kappa shape index (κ3) is 17.7. The quantitative estimate of drug-likeness (QED) is 0.0987. The number of pyridine rings is 2. The van der Waals surface area contributed by atoms with Crippen LogP contribution in [0.15, 0.2) is 91.5 Å². The standard InChI is InChI=1S/C23H28NS.C22H32N2O2S.2BrH/c1-19-18-23(20(2)25-19)12-6-3-4-9-15-24-16-13-22(14-17-24)21-10-7-5-8-11-21;1-17-16-19(18(2)27-17)10-8-6-7-9-13-24-14-11-20(12-15-24)23-21(25)26-22(3,4)5;;/h5,7-8,10-11,13-14,16-18H,3-4,6,9,12,15H2,1-2H3;11-12,14-16H,6-10,13H2,1-5H3;2*1H/q+1;;;/p-1. The summed E-state index contributed by atoms with van der Waals surface area (Å²) < 4.78 is 9.72. The smallest absolute Gasteiger partial charge is 0.412 e. The number of anilines is 1. The van der Waals surface area contributed by atoms with Crippen LogP contribution in [0.25, 0.3) is 11.1 Å². The van der Waals surface area contributed by atoms with Gasteiger partial charge in [-0.15, -0.1) is 22.7 Å². The highest BCUT2D eigenvalue weighted by atomic mass is 79.9. The van der Waals surface area contributed by atoms with Crippen LogP contribution in [0.3, 0.4) is 0 Å². The van der Waals surface area contributed by atoms with Gasteiger partial charge >= 0.3 is 6.09 Å². The van der Waals surface area contributed by atoms with Gasteiger partial charge in [-0.1, -0.05) is 43.2 Å². The summed E-state index contributed by atoms with van der Waals surface area (Å²) in [5.74, 6) is 0. The highest BCUT2D eigenvalue weighted by Gasteiger charge is 2.16. The minimum Gasteiger partial charge on any atom is -1.00 e. The lowest BCUT2D eigenvalue weighted by atomic mass is 10.1. The Bertz CT molecular complexity index is 1780. The van der Waals surface area contributed by atoms with E-state index in [9.17, 15) is 4.79 Å². The fourth-order valence-corrected chi connectivity index (χ4v) is 8.28. The van der Waals surface area contributed by atoms with Gasteiger partial charge in [-0.3, -0.25) is 5.32 Å². The average Bonchev–Trinajstić information content (AvgIpc) is 3.61. The van der Waals surface area contributed by atoms with E-state index >= 15 is 0 Å². The van der Waals surface area contributed by atoms with Gasteiger partial charge in [-0.25, -0.2) is 13.9 Å². The number of unbranched alkanes of at least 4 members (excludes halogenated alkanes) is 6. The number of carbonyl (C=O) groups excluding carboxylic acids is 1. The number of rotatable bonds is 16. The van der Waals surface area contributed by atoms with E-state index in [2.05, 4.69) is 109 Å². The van der Waals surface area contributed by atoms with Gasteiger partial charge in [0.2, 0.25) is 0 Å². The number of hydrogen-bond donors (Lipinski definition) is 1. The fraction of sp³-hybridized carbons (Fsp3) is 0.444. The normalized spacial score (nSPS) is 10.8. The van der Waals surface area contributed by atoms with Crippen molar-refractivity contribution in [2.24, 2.45) is 0 Å². The number of aromatic nitrogens is 2. The van der Waals surface area contributed by atoms with E-state index in [1.165, 1.54) is 100 Å². The van der Waals surface area contributed by atoms with Crippen LogP contribution < -0.4 is 48.4 Å². The van der Waals surface area contributed by atoms with Crippen LogP contribution in [0, 0.1) is 27.7 Å². The number of hydrogen-bond acceptors (Lipinski definition) is 4. The van der Waals surface area contributed by atoms with Gasteiger partial charge in [0.25, 0.3) is 0 Å². The minimum atomic E-state index is -0.486. The number of thiophene rings is 2. The van der Waals surface area contributed by atoms with Gasteiger partial charge in [0.05, 0.1) is 5.69 Å². The van der Waals surface area contributed by atoms with E-state index in [-0.39, 0.29) is 34.0 Å². The molecule has 0 radical (unpaired) electrons. The predicted molar refractivity (Wildman–Crippen MR) is 220 cm³/mol. The first kappa shape index (κ1) is 47.3. The van der Waals surface area contributed by atoms with Crippen LogP contribution in [-0.4, -0.2) is 11.7 Å². The molecule has 1 aromatic carbocycles. The molecule has 0 aliphatic carbocycles. The van der Waals surface area contributed by atoms with Gasteiger partial charge in [-0.05, 0) is 121 Å². The van der Waals surface area contributed by atoms with Gasteiger partial charge in [-0.2, -0.15) is 0 Å². The molecule has 4 heterocycles. The Morgan fingerprint density at radius 2 is 1.04 bits per heavy atom. The molecule has 1 N–H and O–H groups in total. The fourth-order valence-electron chi connectivity index (χ4n) is 6.33. The van der Waals surface area contributed by atoms with Crippen molar-refractivity contribution in [3.05, 3.63) is 122 Å². The molecular weight excluding hydrogens is 838 g/mol. The molecule has 54 heavy (non-hydrogen) atoms. The molecule has 5 aromatic rings. The summed E-state index contributed by atoms with van der Waals surface area (Å²) in [6.07, 6.45) is 20.6. The van der Waals surface area contributed by atoms with Crippen molar-refractivity contribution in [2.45, 2.75) is 131 Å². The zero-order valence-corrected chi connectivity index (χ0v) is 38.2. The van der Waals surface area contributed by atoms with E-state index in [1.807, 2.05) is 68.0 Å². The van der Waals surface area contributed by atoms with E-state index in [0.29, 0.717) is 0 Å². The molecule has 0 unspecified atom stereocenters. The van der Waals surface area contributed by atoms with Gasteiger partial charge in [0, 0.05) is 56.6 Å². The van der Waals surface area contributed by atoms with Crippen molar-refractivity contribution in [1.29, 1.82) is 0 Å². The second-order valence-corrected chi connectivity index (χ2v) is 17.8. The first-order valence-corrected chi connectivity index (χ1v) is 20.7. The van der Waals surface area contributed by atoms with Crippen molar-refractivity contribution in [3.63, 3.8) is 0 Å². The summed E-state index contributed by atoms with van der Waals surface area (Å²) in [4.78, 5) is 17.6. The number of nitrogens with zero attached hydrogens (tertiary/aromatic N) is 2. The van der Waals surface area contributed by atoms with Crippen LogP contribution in [0.2, 0.25) is 0 Å². The zero-order valence-electron chi connectivity index (χ0n) is 33.4. The number of carbonyl (C=O) groups is 1. The van der Waals surface area contributed by atoms with E-state index in [0.717, 1.165) is 18.8 Å². The lowest BCUT2D eigenvalue weighted by molar-refractivity contribution is -0.697. The van der Waals surface area contributed by atoms with Crippen molar-refractivity contribution < 1.29 is 52.6 Å². The maximum atomic E-state index is 11.8. The Morgan fingerprint density at radius 1 is 0.611 bits per heavy atom. The molecule has 4 aromatic heterocycles. The lowest BCUT2D eigenvalue weighted by Gasteiger charge is -2.19. The number of halogens is 2. The molecule has 0 fully saturated rings. The Kier molecular flexibility index (Phi) is 21.6. The molecular formula is C45H61Br2N3O2S2. The number of benzene rings is 1. The number of aryl methyl sites for hydroxylation is 8. The molecule has 0 atom stereocenters. The third-order valence-electron chi connectivity index (χ3n) is 9.05. The Balaban J connectivity index is 0.000000361. The summed E-state index contributed by atoms with van der Waals surface area (Å²) in [6, 6.07) is 23.5. The van der Waals surface area contributed by atoms with Crippen LogP contribution in [0.4, 0.5) is 10.5 Å². The van der Waals surface area contributed by atoms with Crippen molar-refractivity contribution in [2.75, 3.05) is 5.32 Å². The largest absolute Gasteiger partial charge is 1.00 e. The lowest BCUT2D eigenvalue weighted by Crippen LogP contribution is -3.00. The molecule has 5 nitrogen and oxygen atoms in total. The highest BCUT2D eigenvalue weighted by Crippen LogP contribution is 2.24. The second kappa shape index (κ2) is 24.6. The van der Waals surface area contributed by atoms with Crippen molar-refractivity contribution in [1.82, 2.24) is 0 Å². The van der Waals surface area contributed by atoms with Crippen LogP contribution in [0.5, 0.6) is 0 Å². The molecule has 0 bridgehead atoms. The highest BCUT2D eigenvalue weighted by molar-refractivity contribution is 7.12. The second-order valence-electron chi connectivity index (χ2n) is 14.8. The summed E-state index contributed by atoms with van der Waals surface area (Å²) in [5, 5.41) is 2.76. The van der Waals surface area contributed by atoms with Gasteiger partial charge in [0.15, 0.2) is 24.8 Å². The Morgan fingerprint density at radius 3 is 1.46 bits per heavy atom. The number of nitrogens with one attached hydrogen (secondary N) is 1. The van der Waals surface area contributed by atoms with E-state index < -0.39 is 11.7 Å². The molecule has 294 valence electrons. The molecule has 9 heteroatoms. The number of amides is 1. The first-order chi connectivity index (χ1) is 24.9. The van der Waals surface area contributed by atoms with Crippen LogP contribution in [0.1, 0.15) is 103 Å². The van der Waals surface area contributed by atoms with E-state index in [1.54, 1.807) is 5.56 Å². The SMILES string of the molecule is Cc1cc(CCCCCC[n+]2ccc(-c3ccccc3)cc2)c(C)s1.Cc1cc(CCCCCC[n+]2ccc(NC(=O)OC(C)(C)C)cc2)c(C)s1.[Br-].[Br-]. The summed E-state index contributed by atoms with van der Waals surface area (Å²) >= 11 is 3.84. The molecule has 0 saturated heterocycles. The maximum absolute atomic E-state index is 11.8. The van der Waals surface area contributed by atoms with Gasteiger partial charge in [0.1, 0.15) is 18.7 Å². The first-order valence-electron chi connectivity index (χ1n) is 19.1. The van der Waals surface area contributed by atoms with E-state index in [4.69, 9.17) is 4.74 Å². The zero-order chi connectivity index (χ0) is 37.3. The average molecular weight is 900 g/mol. The van der Waals surface area contributed by atoms with Crippen molar-refractivity contribution in [3.8, 4) is 11.1 Å². The summed E-state index contributed by atoms with van der Waals surface area (Å²) in [5.41, 5.74) is 5.93. The predicted octanol–water partition coefficient (Wildman–Crippen LogP) is 5.93. The molecule has 1 amide bonds. The molecule has 5 rings (SSSR count). The third-order valence-corrected chi connectivity index (χ3v) is 11.1. The minimum absolute atomic E-state index is 0. The van der Waals surface area contributed by atoms with Gasteiger partial charge < -0.3 is 38.7 Å². The molecule has 0 spiro atoms. The maximum Gasteiger partial charge on any atom is 0.412 e. The Labute approximate surface area is 354 Å². The summed E-state index contributed by atoms with van der Waals surface area (Å²) in [6.45, 7) is 16.6. The van der Waals surface area contributed by atoms with Crippen LogP contribution >= 0.6 is 22.7 Å². The molecule has 0 aliphatic rings. The van der Waals surface area contributed by atoms with Crippen LogP contribution in [-0.2, 0) is 30.7 Å². The summed E-state index contributed by atoms with van der Waals surface area (Å²) in [7, 11) is 0. The van der Waals surface area contributed by atoms with Crippen molar-refractivity contribution >= 4 is 34.5 Å². The monoisotopic (exact) mass is 897 g/mol. The number of ether oxygens (including phenoxy) is 1. The molecule has 0 aliphatic heterocycles. The topological polar surface area (TPSA) is 46.1 Å².